The van der Waals surface area contributed by atoms with E-state index in [0.717, 1.165) is 5.56 Å². The first kappa shape index (κ1) is 26.6. The van der Waals surface area contributed by atoms with Gasteiger partial charge < -0.3 is 19.7 Å². The molecule has 1 aromatic rings. The van der Waals surface area contributed by atoms with Gasteiger partial charge in [0.2, 0.25) is 0 Å². The molecule has 1 N–H and O–H groups in total. The van der Waals surface area contributed by atoms with Crippen LogP contribution in [0.1, 0.15) is 19.4 Å². The number of nitrogens with zero attached hydrogens (tertiary/aromatic N) is 2. The van der Waals surface area contributed by atoms with Crippen molar-refractivity contribution in [3.05, 3.63) is 23.8 Å². The minimum atomic E-state index is -4.44. The monoisotopic (exact) mass is 565 g/mol. The fraction of sp³-hybridized carbons (Fsp3) is 0.611. The van der Waals surface area contributed by atoms with Crippen molar-refractivity contribution in [3.8, 4) is 11.5 Å². The van der Waals surface area contributed by atoms with E-state index in [-0.39, 0.29) is 41.2 Å². The van der Waals surface area contributed by atoms with E-state index >= 15 is 0 Å². The Balaban J connectivity index is 0.00000450. The molecule has 30 heavy (non-hydrogen) atoms. The van der Waals surface area contributed by atoms with Crippen molar-refractivity contribution in [2.24, 2.45) is 4.99 Å². The van der Waals surface area contributed by atoms with E-state index in [4.69, 9.17) is 9.47 Å². The zero-order valence-corrected chi connectivity index (χ0v) is 20.4. The summed E-state index contributed by atoms with van der Waals surface area (Å²) < 4.78 is 70.4. The number of alkyl halides is 3. The SMILES string of the molecule is CN=C(NCc1ccc(OCC(F)(F)F)c(OC)c1)N1CCS(=O)(=O)C(C)(C)C1.I. The molecule has 0 radical (unpaired) electrons. The smallest absolute Gasteiger partial charge is 0.422 e. The van der Waals surface area contributed by atoms with E-state index in [2.05, 4.69) is 10.3 Å². The van der Waals surface area contributed by atoms with Gasteiger partial charge in [-0.15, -0.1) is 24.0 Å². The molecule has 0 atom stereocenters. The Bertz CT molecular complexity index is 861. The largest absolute Gasteiger partial charge is 0.493 e. The summed E-state index contributed by atoms with van der Waals surface area (Å²) in [4.78, 5) is 6.09. The second-order valence-corrected chi connectivity index (χ2v) is 10.0. The maximum absolute atomic E-state index is 12.4. The molecule has 7 nitrogen and oxygen atoms in total. The Labute approximate surface area is 192 Å². The lowest BCUT2D eigenvalue weighted by atomic mass is 10.2. The first-order chi connectivity index (χ1) is 13.4. The highest BCUT2D eigenvalue weighted by molar-refractivity contribution is 14.0. The van der Waals surface area contributed by atoms with Crippen LogP contribution >= 0.6 is 24.0 Å². The molecular formula is C18H27F3IN3O4S. The third-order valence-electron chi connectivity index (χ3n) is 4.62. The van der Waals surface area contributed by atoms with Crippen LogP contribution in [0.25, 0.3) is 0 Å². The summed E-state index contributed by atoms with van der Waals surface area (Å²) in [6.07, 6.45) is -4.44. The van der Waals surface area contributed by atoms with E-state index in [9.17, 15) is 21.6 Å². The fourth-order valence-corrected chi connectivity index (χ4v) is 4.30. The van der Waals surface area contributed by atoms with Gasteiger partial charge in [-0.3, -0.25) is 4.99 Å². The van der Waals surface area contributed by atoms with Gasteiger partial charge >= 0.3 is 6.18 Å². The van der Waals surface area contributed by atoms with Crippen molar-refractivity contribution < 1.29 is 31.1 Å². The predicted molar refractivity (Wildman–Crippen MR) is 120 cm³/mol. The highest BCUT2D eigenvalue weighted by Crippen LogP contribution is 2.30. The number of rotatable bonds is 5. The zero-order valence-electron chi connectivity index (χ0n) is 17.2. The maximum atomic E-state index is 12.4. The summed E-state index contributed by atoms with van der Waals surface area (Å²) in [7, 11) is -0.214. The molecule has 1 heterocycles. The number of sulfone groups is 1. The van der Waals surface area contributed by atoms with Crippen LogP contribution in [-0.4, -0.2) is 69.8 Å². The molecule has 0 spiro atoms. The van der Waals surface area contributed by atoms with Gasteiger partial charge in [0, 0.05) is 26.7 Å². The Morgan fingerprint density at radius 2 is 1.97 bits per heavy atom. The van der Waals surface area contributed by atoms with E-state index in [1.54, 1.807) is 33.0 Å². The quantitative estimate of drug-likeness (QED) is 0.336. The predicted octanol–water partition coefficient (Wildman–Crippen LogP) is 2.84. The number of aliphatic imine (C=N–C) groups is 1. The number of hydrogen-bond acceptors (Lipinski definition) is 5. The van der Waals surface area contributed by atoms with Gasteiger partial charge in [0.15, 0.2) is 33.9 Å². The molecule has 0 aliphatic carbocycles. The minimum absolute atomic E-state index is 0. The number of methoxy groups -OCH3 is 1. The van der Waals surface area contributed by atoms with Gasteiger partial charge in [0.1, 0.15) is 0 Å². The van der Waals surface area contributed by atoms with E-state index < -0.39 is 27.4 Å². The number of ether oxygens (including phenoxy) is 2. The summed E-state index contributed by atoms with van der Waals surface area (Å²) in [5.74, 6) is 0.777. The molecule has 1 aliphatic rings. The number of nitrogens with one attached hydrogen (secondary N) is 1. The first-order valence-electron chi connectivity index (χ1n) is 8.93. The summed E-state index contributed by atoms with van der Waals surface area (Å²) in [6.45, 7) is 2.94. The molecule has 1 aliphatic heterocycles. The molecule has 0 bridgehead atoms. The van der Waals surface area contributed by atoms with Crippen LogP contribution in [0.5, 0.6) is 11.5 Å². The molecule has 1 saturated heterocycles. The molecule has 0 saturated carbocycles. The first-order valence-corrected chi connectivity index (χ1v) is 10.6. The van der Waals surface area contributed by atoms with Crippen LogP contribution in [0, 0.1) is 0 Å². The van der Waals surface area contributed by atoms with E-state index in [1.807, 2.05) is 4.90 Å². The van der Waals surface area contributed by atoms with Crippen LogP contribution in [0.4, 0.5) is 13.2 Å². The van der Waals surface area contributed by atoms with Crippen molar-refractivity contribution in [2.75, 3.05) is 39.6 Å². The van der Waals surface area contributed by atoms with Gasteiger partial charge in [0.05, 0.1) is 17.6 Å². The number of guanidine groups is 1. The molecule has 0 amide bonds. The Kier molecular flexibility index (Phi) is 9.08. The number of hydrogen-bond donors (Lipinski definition) is 1. The standard InChI is InChI=1S/C18H26F3N3O4S.HI/c1-17(2)11-24(7-8-29(17,25)26)16(22-3)23-10-13-5-6-14(15(9-13)27-4)28-12-18(19,20)21;/h5-6,9H,7-8,10-12H2,1-4H3,(H,22,23);1H. The zero-order chi connectivity index (χ0) is 21.9. The second-order valence-electron chi connectivity index (χ2n) is 7.29. The van der Waals surface area contributed by atoms with Gasteiger partial charge in [-0.1, -0.05) is 6.07 Å². The van der Waals surface area contributed by atoms with Crippen LogP contribution in [0.2, 0.25) is 0 Å². The average Bonchev–Trinajstić information content (AvgIpc) is 2.63. The molecule has 0 aromatic heterocycles. The van der Waals surface area contributed by atoms with Gasteiger partial charge in [-0.05, 0) is 31.5 Å². The number of benzene rings is 1. The maximum Gasteiger partial charge on any atom is 0.422 e. The van der Waals surface area contributed by atoms with Gasteiger partial charge in [0.25, 0.3) is 0 Å². The third kappa shape index (κ3) is 6.79. The fourth-order valence-electron chi connectivity index (χ4n) is 2.94. The molecule has 0 unspecified atom stereocenters. The Morgan fingerprint density at radius 1 is 1.30 bits per heavy atom. The molecule has 12 heteroatoms. The average molecular weight is 565 g/mol. The van der Waals surface area contributed by atoms with E-state index in [0.29, 0.717) is 25.6 Å². The third-order valence-corrected chi connectivity index (χ3v) is 7.16. The lowest BCUT2D eigenvalue weighted by molar-refractivity contribution is -0.153. The highest BCUT2D eigenvalue weighted by atomic mass is 127. The lowest BCUT2D eigenvalue weighted by Gasteiger charge is -2.39. The number of halogens is 4. The van der Waals surface area contributed by atoms with Gasteiger partial charge in [-0.25, -0.2) is 8.42 Å². The summed E-state index contributed by atoms with van der Waals surface area (Å²) in [6, 6.07) is 4.62. The normalized spacial score (nSPS) is 18.4. The Hall–Kier alpha value is -1.44. The lowest BCUT2D eigenvalue weighted by Crippen LogP contribution is -2.57. The Morgan fingerprint density at radius 3 is 2.50 bits per heavy atom. The van der Waals surface area contributed by atoms with Crippen molar-refractivity contribution in [3.63, 3.8) is 0 Å². The summed E-state index contributed by atoms with van der Waals surface area (Å²) in [5, 5.41) is 3.15. The van der Waals surface area contributed by atoms with Crippen molar-refractivity contribution in [1.29, 1.82) is 0 Å². The second kappa shape index (κ2) is 10.2. The van der Waals surface area contributed by atoms with Crippen molar-refractivity contribution >= 4 is 39.8 Å². The molecule has 2 rings (SSSR count). The molecule has 1 aromatic carbocycles. The van der Waals surface area contributed by atoms with E-state index in [1.165, 1.54) is 13.2 Å². The summed E-state index contributed by atoms with van der Waals surface area (Å²) >= 11 is 0. The minimum Gasteiger partial charge on any atom is -0.493 e. The van der Waals surface area contributed by atoms with Crippen molar-refractivity contribution in [2.45, 2.75) is 31.3 Å². The van der Waals surface area contributed by atoms with Gasteiger partial charge in [-0.2, -0.15) is 13.2 Å². The molecule has 1 fully saturated rings. The molecular weight excluding hydrogens is 538 g/mol. The molecule has 172 valence electrons. The van der Waals surface area contributed by atoms with Crippen LogP contribution in [-0.2, 0) is 16.4 Å². The van der Waals surface area contributed by atoms with Crippen molar-refractivity contribution in [1.82, 2.24) is 10.2 Å². The van der Waals surface area contributed by atoms with Crippen LogP contribution < -0.4 is 14.8 Å². The van der Waals surface area contributed by atoms with Crippen LogP contribution in [0.15, 0.2) is 23.2 Å². The highest BCUT2D eigenvalue weighted by Gasteiger charge is 2.41. The summed E-state index contributed by atoms with van der Waals surface area (Å²) in [5.41, 5.74) is 0.742. The van der Waals surface area contributed by atoms with Crippen LogP contribution in [0.3, 0.4) is 0 Å². The topological polar surface area (TPSA) is 80.2 Å².